The summed E-state index contributed by atoms with van der Waals surface area (Å²) in [4.78, 5) is 16.1. The topological polar surface area (TPSA) is 94.0 Å². The van der Waals surface area contributed by atoms with E-state index >= 15 is 0 Å². The van der Waals surface area contributed by atoms with Gasteiger partial charge in [0.15, 0.2) is 5.69 Å². The Hall–Kier alpha value is -2.32. The largest absolute Gasteiger partial charge is 0.383 e. The molecule has 2 N–H and O–H groups in total. The second kappa shape index (κ2) is 8.85. The van der Waals surface area contributed by atoms with Gasteiger partial charge in [0.05, 0.1) is 25.0 Å². The molecule has 1 amide bonds. The van der Waals surface area contributed by atoms with E-state index in [1.165, 1.54) is 0 Å². The Morgan fingerprint density at radius 2 is 2.23 bits per heavy atom. The van der Waals surface area contributed by atoms with Gasteiger partial charge in [-0.1, -0.05) is 11.3 Å². The van der Waals surface area contributed by atoms with Crippen LogP contribution in [0.1, 0.15) is 16.2 Å². The minimum absolute atomic E-state index is 0.235. The maximum Gasteiger partial charge on any atom is 0.273 e. The molecule has 0 saturated carbocycles. The number of methoxy groups -OCH3 is 1. The van der Waals surface area contributed by atoms with E-state index in [9.17, 15) is 4.79 Å². The Labute approximate surface area is 128 Å². The summed E-state index contributed by atoms with van der Waals surface area (Å²) in [7, 11) is 1.65. The van der Waals surface area contributed by atoms with Gasteiger partial charge < -0.3 is 15.4 Å². The predicted octanol–water partition coefficient (Wildman–Crippen LogP) is -0.313. The van der Waals surface area contributed by atoms with Crippen LogP contribution in [0.4, 0.5) is 0 Å². The number of nitrogens with one attached hydrogen (secondary N) is 2. The quantitative estimate of drug-likeness (QED) is 0.617. The van der Waals surface area contributed by atoms with Crippen molar-refractivity contribution in [3.8, 4) is 0 Å². The molecule has 0 saturated heterocycles. The van der Waals surface area contributed by atoms with E-state index in [4.69, 9.17) is 4.74 Å². The van der Waals surface area contributed by atoms with Crippen LogP contribution in [0.5, 0.6) is 0 Å². The molecule has 0 bridgehead atoms. The molecule has 0 radical (unpaired) electrons. The monoisotopic (exact) mass is 304 g/mol. The first-order valence-corrected chi connectivity index (χ1v) is 7.07. The van der Waals surface area contributed by atoms with Gasteiger partial charge in [-0.25, -0.2) is 4.68 Å². The van der Waals surface area contributed by atoms with Crippen molar-refractivity contribution in [3.63, 3.8) is 0 Å². The Bertz CT molecular complexity index is 572. The summed E-state index contributed by atoms with van der Waals surface area (Å²) in [5, 5.41) is 13.7. The van der Waals surface area contributed by atoms with Crippen LogP contribution < -0.4 is 10.6 Å². The van der Waals surface area contributed by atoms with Gasteiger partial charge in [-0.15, -0.1) is 5.10 Å². The van der Waals surface area contributed by atoms with Crippen LogP contribution in [0, 0.1) is 0 Å². The van der Waals surface area contributed by atoms with Crippen molar-refractivity contribution in [2.75, 3.05) is 33.4 Å². The molecule has 2 rings (SSSR count). The third-order valence-electron chi connectivity index (χ3n) is 2.89. The number of pyridine rings is 1. The number of carbonyl (C=O) groups excluding carboxylic acids is 1. The smallest absolute Gasteiger partial charge is 0.273 e. The number of hydrogen-bond acceptors (Lipinski definition) is 6. The predicted molar refractivity (Wildman–Crippen MR) is 80.4 cm³/mol. The highest BCUT2D eigenvalue weighted by molar-refractivity contribution is 5.91. The van der Waals surface area contributed by atoms with E-state index in [0.717, 1.165) is 12.2 Å². The molecule has 2 aromatic rings. The summed E-state index contributed by atoms with van der Waals surface area (Å²) < 4.78 is 6.51. The molecule has 0 fully saturated rings. The minimum atomic E-state index is -0.235. The molecule has 0 aliphatic heterocycles. The van der Waals surface area contributed by atoms with Crippen molar-refractivity contribution < 1.29 is 9.53 Å². The molecule has 0 spiro atoms. The number of amides is 1. The first-order valence-electron chi connectivity index (χ1n) is 7.07. The molecule has 2 heterocycles. The van der Waals surface area contributed by atoms with Gasteiger partial charge in [-0.2, -0.15) is 0 Å². The summed E-state index contributed by atoms with van der Waals surface area (Å²) in [6.07, 6.45) is 3.33. The fourth-order valence-corrected chi connectivity index (χ4v) is 1.79. The van der Waals surface area contributed by atoms with Crippen molar-refractivity contribution in [1.82, 2.24) is 30.6 Å². The van der Waals surface area contributed by atoms with Crippen LogP contribution in [-0.2, 0) is 11.3 Å². The number of nitrogens with zero attached hydrogens (tertiary/aromatic N) is 4. The van der Waals surface area contributed by atoms with Gasteiger partial charge in [0.25, 0.3) is 5.91 Å². The lowest BCUT2D eigenvalue weighted by molar-refractivity contribution is 0.0948. The summed E-state index contributed by atoms with van der Waals surface area (Å²) in [5.41, 5.74) is 1.16. The number of carbonyl (C=O) groups is 1. The van der Waals surface area contributed by atoms with E-state index in [1.807, 2.05) is 18.2 Å². The second-order valence-electron chi connectivity index (χ2n) is 4.62. The average Bonchev–Trinajstić information content (AvgIpc) is 3.00. The first kappa shape index (κ1) is 16.1. The lowest BCUT2D eigenvalue weighted by Gasteiger charge is -2.04. The molecule has 2 aromatic heterocycles. The van der Waals surface area contributed by atoms with E-state index in [2.05, 4.69) is 25.9 Å². The highest BCUT2D eigenvalue weighted by Crippen LogP contribution is 1.99. The molecule has 0 aliphatic rings. The molecule has 0 aromatic carbocycles. The van der Waals surface area contributed by atoms with Gasteiger partial charge in [-0.05, 0) is 12.1 Å². The Balaban J connectivity index is 1.74. The fraction of sp³-hybridized carbons (Fsp3) is 0.429. The molecule has 0 atom stereocenters. The zero-order valence-electron chi connectivity index (χ0n) is 12.5. The van der Waals surface area contributed by atoms with Crippen molar-refractivity contribution in [2.24, 2.45) is 0 Å². The SMILES string of the molecule is COCCNCCNC(=O)c1cn(Cc2ccccn2)nn1. The van der Waals surface area contributed by atoms with Gasteiger partial charge in [0, 0.05) is 32.9 Å². The maximum atomic E-state index is 11.9. The Morgan fingerprint density at radius 1 is 1.32 bits per heavy atom. The highest BCUT2D eigenvalue weighted by Gasteiger charge is 2.10. The fourth-order valence-electron chi connectivity index (χ4n) is 1.79. The van der Waals surface area contributed by atoms with Crippen LogP contribution in [0.25, 0.3) is 0 Å². The molecule has 8 heteroatoms. The number of aromatic nitrogens is 4. The molecule has 22 heavy (non-hydrogen) atoms. The van der Waals surface area contributed by atoms with Crippen molar-refractivity contribution in [3.05, 3.63) is 42.0 Å². The van der Waals surface area contributed by atoms with Crippen LogP contribution >= 0.6 is 0 Å². The molecule has 0 unspecified atom stereocenters. The van der Waals surface area contributed by atoms with Crippen LogP contribution in [-0.4, -0.2) is 59.2 Å². The zero-order chi connectivity index (χ0) is 15.6. The Morgan fingerprint density at radius 3 is 3.00 bits per heavy atom. The van der Waals surface area contributed by atoms with Gasteiger partial charge >= 0.3 is 0 Å². The molecule has 118 valence electrons. The highest BCUT2D eigenvalue weighted by atomic mass is 16.5. The van der Waals surface area contributed by atoms with Gasteiger partial charge in [0.2, 0.25) is 0 Å². The number of rotatable bonds is 9. The maximum absolute atomic E-state index is 11.9. The molecule has 8 nitrogen and oxygen atoms in total. The van der Waals surface area contributed by atoms with E-state index in [1.54, 1.807) is 24.2 Å². The summed E-state index contributed by atoms with van der Waals surface area (Å²) in [6, 6.07) is 5.65. The van der Waals surface area contributed by atoms with Crippen molar-refractivity contribution in [1.29, 1.82) is 0 Å². The van der Waals surface area contributed by atoms with E-state index < -0.39 is 0 Å². The summed E-state index contributed by atoms with van der Waals surface area (Å²) in [5.74, 6) is -0.235. The van der Waals surface area contributed by atoms with Crippen LogP contribution in [0.2, 0.25) is 0 Å². The summed E-state index contributed by atoms with van der Waals surface area (Å²) >= 11 is 0. The molecular weight excluding hydrogens is 284 g/mol. The van der Waals surface area contributed by atoms with Crippen LogP contribution in [0.15, 0.2) is 30.6 Å². The number of hydrogen-bond donors (Lipinski definition) is 2. The third kappa shape index (κ3) is 5.23. The lowest BCUT2D eigenvalue weighted by Crippen LogP contribution is -2.33. The molecular formula is C14H20N6O2. The second-order valence-corrected chi connectivity index (χ2v) is 4.62. The minimum Gasteiger partial charge on any atom is -0.383 e. The van der Waals surface area contributed by atoms with Crippen molar-refractivity contribution >= 4 is 5.91 Å². The van der Waals surface area contributed by atoms with E-state index in [0.29, 0.717) is 31.9 Å². The average molecular weight is 304 g/mol. The molecule has 0 aliphatic carbocycles. The number of ether oxygens (including phenoxy) is 1. The van der Waals surface area contributed by atoms with Gasteiger partial charge in [0.1, 0.15) is 0 Å². The van der Waals surface area contributed by atoms with Gasteiger partial charge in [-0.3, -0.25) is 9.78 Å². The first-order chi connectivity index (χ1) is 10.8. The van der Waals surface area contributed by atoms with Crippen molar-refractivity contribution in [2.45, 2.75) is 6.54 Å². The normalized spacial score (nSPS) is 10.6. The zero-order valence-corrected chi connectivity index (χ0v) is 12.5. The standard InChI is InChI=1S/C14H20N6O2/c1-22-9-8-15-6-7-17-14(21)13-11-20(19-18-13)10-12-4-2-3-5-16-12/h2-5,11,15H,6-10H2,1H3,(H,17,21). The Kier molecular flexibility index (Phi) is 6.46. The third-order valence-corrected chi connectivity index (χ3v) is 2.89. The lowest BCUT2D eigenvalue weighted by atomic mass is 10.3. The summed E-state index contributed by atoms with van der Waals surface area (Å²) in [6.45, 7) is 3.09. The van der Waals surface area contributed by atoms with E-state index in [-0.39, 0.29) is 5.91 Å². The van der Waals surface area contributed by atoms with Crippen LogP contribution in [0.3, 0.4) is 0 Å².